The molecule has 3 heterocycles. The molecule has 2 aliphatic rings. The van der Waals surface area contributed by atoms with Crippen molar-refractivity contribution in [3.63, 3.8) is 0 Å². The van der Waals surface area contributed by atoms with Crippen molar-refractivity contribution in [2.24, 2.45) is 0 Å². The number of benzene rings is 1. The van der Waals surface area contributed by atoms with Crippen LogP contribution in [0.15, 0.2) is 41.8 Å². The highest BCUT2D eigenvalue weighted by Gasteiger charge is 2.43. The number of likely N-dealkylation sites (tertiary alicyclic amines) is 1. The maximum atomic E-state index is 2.62. The molecule has 0 saturated carbocycles. The number of nitrogens with zero attached hydrogens (tertiary/aromatic N) is 2. The van der Waals surface area contributed by atoms with E-state index in [0.717, 1.165) is 6.54 Å². The Morgan fingerprint density at radius 3 is 2.67 bits per heavy atom. The van der Waals surface area contributed by atoms with E-state index in [1.165, 1.54) is 43.0 Å². The molecule has 1 aromatic carbocycles. The van der Waals surface area contributed by atoms with Gasteiger partial charge in [0.25, 0.3) is 0 Å². The number of rotatable bonds is 2. The van der Waals surface area contributed by atoms with Crippen LogP contribution in [0.2, 0.25) is 0 Å². The van der Waals surface area contributed by atoms with E-state index in [9.17, 15) is 0 Å². The van der Waals surface area contributed by atoms with Crippen molar-refractivity contribution in [2.75, 3.05) is 31.6 Å². The van der Waals surface area contributed by atoms with Crippen molar-refractivity contribution in [3.8, 4) is 0 Å². The Morgan fingerprint density at radius 2 is 1.90 bits per heavy atom. The molecule has 1 saturated heterocycles. The van der Waals surface area contributed by atoms with E-state index in [2.05, 4.69) is 58.6 Å². The minimum absolute atomic E-state index is 0.400. The van der Waals surface area contributed by atoms with Gasteiger partial charge in [-0.25, -0.2) is 0 Å². The van der Waals surface area contributed by atoms with Crippen molar-refractivity contribution in [3.05, 3.63) is 52.2 Å². The normalized spacial score (nSPS) is 20.9. The largest absolute Gasteiger partial charge is 0.373 e. The van der Waals surface area contributed by atoms with Gasteiger partial charge in [0.1, 0.15) is 0 Å². The van der Waals surface area contributed by atoms with Crippen LogP contribution in [0.25, 0.3) is 0 Å². The molecule has 1 spiro atoms. The van der Waals surface area contributed by atoms with E-state index in [1.54, 1.807) is 5.56 Å². The first kappa shape index (κ1) is 13.4. The summed E-state index contributed by atoms with van der Waals surface area (Å²) in [5.74, 6) is 0. The lowest BCUT2D eigenvalue weighted by Crippen LogP contribution is -2.44. The molecule has 2 aliphatic heterocycles. The van der Waals surface area contributed by atoms with Gasteiger partial charge in [-0.05, 0) is 49.0 Å². The predicted molar refractivity (Wildman–Crippen MR) is 90.2 cm³/mol. The van der Waals surface area contributed by atoms with Crippen LogP contribution in [0.4, 0.5) is 5.69 Å². The molecule has 1 aromatic heterocycles. The van der Waals surface area contributed by atoms with E-state index >= 15 is 0 Å². The molecule has 0 aliphatic carbocycles. The second kappa shape index (κ2) is 5.15. The molecule has 0 amide bonds. The van der Waals surface area contributed by atoms with Crippen molar-refractivity contribution in [1.82, 2.24) is 4.90 Å². The fourth-order valence-electron chi connectivity index (χ4n) is 4.07. The van der Waals surface area contributed by atoms with Crippen LogP contribution in [0.5, 0.6) is 0 Å². The average Bonchev–Trinajstić information content (AvgIpc) is 3.10. The van der Waals surface area contributed by atoms with Crippen LogP contribution in [0.1, 0.15) is 23.3 Å². The molecule has 2 nitrogen and oxygen atoms in total. The maximum Gasteiger partial charge on any atom is 0.0402 e. The monoisotopic (exact) mass is 298 g/mol. The standard InChI is InChI=1S/C18H22N2S/c1-19-14-18(16-6-2-3-7-17(16)19)8-10-20(11-9-18)13-15-5-4-12-21-15/h2-7,12H,8-11,13-14H2,1H3. The lowest BCUT2D eigenvalue weighted by atomic mass is 9.74. The zero-order chi connectivity index (χ0) is 14.3. The quantitative estimate of drug-likeness (QED) is 0.833. The molecule has 1 fully saturated rings. The summed E-state index contributed by atoms with van der Waals surface area (Å²) in [7, 11) is 2.24. The van der Waals surface area contributed by atoms with Crippen molar-refractivity contribution >= 4 is 17.0 Å². The van der Waals surface area contributed by atoms with E-state index in [-0.39, 0.29) is 0 Å². The first-order valence-electron chi connectivity index (χ1n) is 7.82. The third-order valence-corrected chi connectivity index (χ3v) is 6.06. The van der Waals surface area contributed by atoms with E-state index in [1.807, 2.05) is 11.3 Å². The summed E-state index contributed by atoms with van der Waals surface area (Å²) in [4.78, 5) is 6.57. The lowest BCUT2D eigenvalue weighted by molar-refractivity contribution is 0.161. The molecular weight excluding hydrogens is 276 g/mol. The molecule has 0 N–H and O–H groups in total. The van der Waals surface area contributed by atoms with Gasteiger partial charge in [-0.3, -0.25) is 4.90 Å². The fourth-order valence-corrected chi connectivity index (χ4v) is 4.82. The molecule has 3 heteroatoms. The summed E-state index contributed by atoms with van der Waals surface area (Å²) in [6.07, 6.45) is 2.58. The number of para-hydroxylation sites is 1. The van der Waals surface area contributed by atoms with Crippen molar-refractivity contribution in [1.29, 1.82) is 0 Å². The van der Waals surface area contributed by atoms with Crippen molar-refractivity contribution in [2.45, 2.75) is 24.8 Å². The molecule has 4 rings (SSSR count). The summed E-state index contributed by atoms with van der Waals surface area (Å²) in [6.45, 7) is 4.77. The zero-order valence-electron chi connectivity index (χ0n) is 12.6. The molecule has 0 bridgehead atoms. The van der Waals surface area contributed by atoms with E-state index in [4.69, 9.17) is 0 Å². The Balaban J connectivity index is 1.50. The molecule has 110 valence electrons. The van der Waals surface area contributed by atoms with Crippen LogP contribution in [-0.4, -0.2) is 31.6 Å². The maximum absolute atomic E-state index is 2.62. The molecule has 0 radical (unpaired) electrons. The number of fused-ring (bicyclic) bond motifs is 2. The van der Waals surface area contributed by atoms with Gasteiger partial charge in [0, 0.05) is 36.1 Å². The Bertz CT molecular complexity index is 612. The highest BCUT2D eigenvalue weighted by Crippen LogP contribution is 2.46. The SMILES string of the molecule is CN1CC2(CCN(Cc3cccs3)CC2)c2ccccc21. The Hall–Kier alpha value is -1.32. The summed E-state index contributed by atoms with van der Waals surface area (Å²) >= 11 is 1.88. The first-order valence-corrected chi connectivity index (χ1v) is 8.70. The zero-order valence-corrected chi connectivity index (χ0v) is 13.4. The summed E-state index contributed by atoms with van der Waals surface area (Å²) in [5.41, 5.74) is 3.43. The van der Waals surface area contributed by atoms with Gasteiger partial charge < -0.3 is 4.90 Å². The minimum atomic E-state index is 0.400. The Kier molecular flexibility index (Phi) is 3.27. The van der Waals surface area contributed by atoms with Gasteiger partial charge in [-0.1, -0.05) is 24.3 Å². The molecule has 0 unspecified atom stereocenters. The van der Waals surface area contributed by atoms with E-state index in [0.29, 0.717) is 5.41 Å². The van der Waals surface area contributed by atoms with Gasteiger partial charge in [-0.2, -0.15) is 0 Å². The Morgan fingerprint density at radius 1 is 1.10 bits per heavy atom. The van der Waals surface area contributed by atoms with Crippen molar-refractivity contribution < 1.29 is 0 Å². The van der Waals surface area contributed by atoms with Crippen LogP contribution in [0, 0.1) is 0 Å². The summed E-state index contributed by atoms with van der Waals surface area (Å²) in [6, 6.07) is 13.4. The number of anilines is 1. The number of hydrogen-bond donors (Lipinski definition) is 0. The topological polar surface area (TPSA) is 6.48 Å². The third-order valence-electron chi connectivity index (χ3n) is 5.20. The Labute approximate surface area is 131 Å². The molecule has 2 aromatic rings. The summed E-state index contributed by atoms with van der Waals surface area (Å²) < 4.78 is 0. The second-order valence-electron chi connectivity index (χ2n) is 6.51. The van der Waals surface area contributed by atoms with Gasteiger partial charge in [-0.15, -0.1) is 11.3 Å². The number of thiophene rings is 1. The summed E-state index contributed by atoms with van der Waals surface area (Å²) in [5, 5.41) is 2.18. The smallest absolute Gasteiger partial charge is 0.0402 e. The minimum Gasteiger partial charge on any atom is -0.373 e. The lowest BCUT2D eigenvalue weighted by Gasteiger charge is -2.39. The molecule has 21 heavy (non-hydrogen) atoms. The van der Waals surface area contributed by atoms with Gasteiger partial charge in [0.15, 0.2) is 0 Å². The van der Waals surface area contributed by atoms with Gasteiger partial charge >= 0.3 is 0 Å². The van der Waals surface area contributed by atoms with Crippen LogP contribution in [0.3, 0.4) is 0 Å². The third kappa shape index (κ3) is 2.29. The number of hydrogen-bond acceptors (Lipinski definition) is 3. The highest BCUT2D eigenvalue weighted by molar-refractivity contribution is 7.09. The average molecular weight is 298 g/mol. The molecular formula is C18H22N2S. The fraction of sp³-hybridized carbons (Fsp3) is 0.444. The van der Waals surface area contributed by atoms with Gasteiger partial charge in [0.2, 0.25) is 0 Å². The van der Waals surface area contributed by atoms with Crippen LogP contribution in [-0.2, 0) is 12.0 Å². The predicted octanol–water partition coefficient (Wildman–Crippen LogP) is 3.73. The second-order valence-corrected chi connectivity index (χ2v) is 7.54. The van der Waals surface area contributed by atoms with Crippen LogP contribution < -0.4 is 4.90 Å². The number of likely N-dealkylation sites (N-methyl/N-ethyl adjacent to an activating group) is 1. The first-order chi connectivity index (χ1) is 10.3. The van der Waals surface area contributed by atoms with Gasteiger partial charge in [0.05, 0.1) is 0 Å². The van der Waals surface area contributed by atoms with Crippen LogP contribution >= 0.6 is 11.3 Å². The number of piperidine rings is 1. The van der Waals surface area contributed by atoms with E-state index < -0.39 is 0 Å². The highest BCUT2D eigenvalue weighted by atomic mass is 32.1. The molecule has 0 atom stereocenters.